The van der Waals surface area contributed by atoms with E-state index in [-0.39, 0.29) is 23.9 Å². The van der Waals surface area contributed by atoms with E-state index in [1.807, 2.05) is 27.7 Å². The molecule has 0 spiro atoms. The number of carbonyl (C=O) groups excluding carboxylic acids is 1. The summed E-state index contributed by atoms with van der Waals surface area (Å²) in [5.41, 5.74) is 5.76. The SMILES string of the molecule is CC[C@@H](C)NC(=O)[C@H](N)[C@@H](C)CC. The van der Waals surface area contributed by atoms with Crippen LogP contribution >= 0.6 is 0 Å². The second kappa shape index (κ2) is 5.97. The maximum Gasteiger partial charge on any atom is 0.237 e. The van der Waals surface area contributed by atoms with E-state index in [9.17, 15) is 4.79 Å². The number of nitrogens with two attached hydrogens (primary N) is 1. The van der Waals surface area contributed by atoms with Crippen LogP contribution in [0.3, 0.4) is 0 Å². The maximum absolute atomic E-state index is 11.5. The van der Waals surface area contributed by atoms with Gasteiger partial charge in [-0.15, -0.1) is 0 Å². The Kier molecular flexibility index (Phi) is 5.71. The summed E-state index contributed by atoms with van der Waals surface area (Å²) in [6, 6.07) is -0.137. The first-order chi connectivity index (χ1) is 6.02. The van der Waals surface area contributed by atoms with Gasteiger partial charge in [-0.2, -0.15) is 0 Å². The summed E-state index contributed by atoms with van der Waals surface area (Å²) in [6.07, 6.45) is 1.88. The standard InChI is InChI=1S/C10H22N2O/c1-5-7(3)9(11)10(13)12-8(4)6-2/h7-9H,5-6,11H2,1-4H3,(H,12,13)/t7-,8+,9+/m0/s1. The first kappa shape index (κ1) is 12.4. The van der Waals surface area contributed by atoms with Gasteiger partial charge in [-0.3, -0.25) is 4.79 Å². The van der Waals surface area contributed by atoms with E-state index in [1.54, 1.807) is 0 Å². The van der Waals surface area contributed by atoms with Crippen molar-refractivity contribution in [2.75, 3.05) is 0 Å². The van der Waals surface area contributed by atoms with Gasteiger partial charge in [-0.25, -0.2) is 0 Å². The largest absolute Gasteiger partial charge is 0.352 e. The Bertz CT molecular complexity index is 159. The van der Waals surface area contributed by atoms with Gasteiger partial charge in [0.25, 0.3) is 0 Å². The minimum absolute atomic E-state index is 0.0244. The van der Waals surface area contributed by atoms with E-state index in [2.05, 4.69) is 5.32 Å². The van der Waals surface area contributed by atoms with Crippen molar-refractivity contribution in [2.45, 2.75) is 52.6 Å². The number of rotatable bonds is 5. The van der Waals surface area contributed by atoms with Crippen LogP contribution in [0.25, 0.3) is 0 Å². The summed E-state index contributed by atoms with van der Waals surface area (Å²) in [6.45, 7) is 8.07. The third kappa shape index (κ3) is 4.27. The molecular formula is C10H22N2O. The summed E-state index contributed by atoms with van der Waals surface area (Å²) in [4.78, 5) is 11.5. The van der Waals surface area contributed by atoms with Crippen molar-refractivity contribution in [3.63, 3.8) is 0 Å². The molecule has 0 aromatic carbocycles. The second-order valence-electron chi connectivity index (χ2n) is 3.73. The lowest BCUT2D eigenvalue weighted by molar-refractivity contribution is -0.124. The van der Waals surface area contributed by atoms with Crippen LogP contribution in [-0.2, 0) is 4.79 Å². The lowest BCUT2D eigenvalue weighted by atomic mass is 9.99. The number of hydrogen-bond donors (Lipinski definition) is 2. The molecule has 0 heterocycles. The quantitative estimate of drug-likeness (QED) is 0.679. The van der Waals surface area contributed by atoms with Crippen molar-refractivity contribution < 1.29 is 4.79 Å². The zero-order valence-corrected chi connectivity index (χ0v) is 9.13. The van der Waals surface area contributed by atoms with Crippen molar-refractivity contribution in [1.82, 2.24) is 5.32 Å². The molecule has 0 aliphatic carbocycles. The zero-order valence-electron chi connectivity index (χ0n) is 9.13. The number of amides is 1. The molecule has 0 aliphatic rings. The van der Waals surface area contributed by atoms with E-state index >= 15 is 0 Å². The molecule has 3 N–H and O–H groups in total. The Balaban J connectivity index is 3.96. The van der Waals surface area contributed by atoms with Crippen LogP contribution in [0, 0.1) is 5.92 Å². The predicted octanol–water partition coefficient (Wildman–Crippen LogP) is 1.27. The van der Waals surface area contributed by atoms with Crippen LogP contribution in [0.1, 0.15) is 40.5 Å². The zero-order chi connectivity index (χ0) is 10.4. The molecule has 0 saturated carbocycles. The van der Waals surface area contributed by atoms with Gasteiger partial charge in [-0.1, -0.05) is 27.2 Å². The maximum atomic E-state index is 11.5. The summed E-state index contributed by atoms with van der Waals surface area (Å²) < 4.78 is 0. The van der Waals surface area contributed by atoms with Crippen molar-refractivity contribution in [1.29, 1.82) is 0 Å². The lowest BCUT2D eigenvalue weighted by Gasteiger charge is -2.20. The van der Waals surface area contributed by atoms with E-state index in [0.717, 1.165) is 12.8 Å². The van der Waals surface area contributed by atoms with Gasteiger partial charge >= 0.3 is 0 Å². The molecule has 3 atom stereocenters. The average Bonchev–Trinajstić information content (AvgIpc) is 2.14. The third-order valence-electron chi connectivity index (χ3n) is 2.56. The van der Waals surface area contributed by atoms with Gasteiger partial charge in [0.15, 0.2) is 0 Å². The smallest absolute Gasteiger partial charge is 0.237 e. The minimum atomic E-state index is -0.362. The van der Waals surface area contributed by atoms with Crippen molar-refractivity contribution in [2.24, 2.45) is 11.7 Å². The van der Waals surface area contributed by atoms with Gasteiger partial charge < -0.3 is 11.1 Å². The average molecular weight is 186 g/mol. The summed E-state index contributed by atoms with van der Waals surface area (Å²) >= 11 is 0. The lowest BCUT2D eigenvalue weighted by Crippen LogP contribution is -2.47. The molecule has 0 unspecified atom stereocenters. The molecule has 3 heteroatoms. The fourth-order valence-electron chi connectivity index (χ4n) is 0.953. The molecule has 3 nitrogen and oxygen atoms in total. The van der Waals surface area contributed by atoms with Crippen LogP contribution < -0.4 is 11.1 Å². The molecule has 13 heavy (non-hydrogen) atoms. The van der Waals surface area contributed by atoms with Gasteiger partial charge in [-0.05, 0) is 19.3 Å². The van der Waals surface area contributed by atoms with Crippen LogP contribution in [0.2, 0.25) is 0 Å². The van der Waals surface area contributed by atoms with Gasteiger partial charge in [0.05, 0.1) is 6.04 Å². The third-order valence-corrected chi connectivity index (χ3v) is 2.56. The molecule has 1 amide bonds. The highest BCUT2D eigenvalue weighted by Gasteiger charge is 2.19. The summed E-state index contributed by atoms with van der Waals surface area (Å²) in [5.74, 6) is 0.229. The molecule has 0 saturated heterocycles. The fraction of sp³-hybridized carbons (Fsp3) is 0.900. The van der Waals surface area contributed by atoms with Crippen molar-refractivity contribution in [3.8, 4) is 0 Å². The van der Waals surface area contributed by atoms with E-state index in [4.69, 9.17) is 5.73 Å². The predicted molar refractivity (Wildman–Crippen MR) is 55.3 cm³/mol. The Morgan fingerprint density at radius 1 is 1.31 bits per heavy atom. The minimum Gasteiger partial charge on any atom is -0.352 e. The molecule has 0 rings (SSSR count). The normalized spacial score (nSPS) is 17.6. The van der Waals surface area contributed by atoms with Crippen LogP contribution in [0.5, 0.6) is 0 Å². The highest BCUT2D eigenvalue weighted by molar-refractivity contribution is 5.81. The number of nitrogens with one attached hydrogen (secondary N) is 1. The Hall–Kier alpha value is -0.570. The monoisotopic (exact) mass is 186 g/mol. The summed E-state index contributed by atoms with van der Waals surface area (Å²) in [5, 5.41) is 2.88. The molecular weight excluding hydrogens is 164 g/mol. The van der Waals surface area contributed by atoms with E-state index in [0.29, 0.717) is 0 Å². The number of carbonyl (C=O) groups is 1. The fourth-order valence-corrected chi connectivity index (χ4v) is 0.953. The molecule has 0 aromatic heterocycles. The molecule has 0 aromatic rings. The van der Waals surface area contributed by atoms with Crippen molar-refractivity contribution in [3.05, 3.63) is 0 Å². The van der Waals surface area contributed by atoms with Gasteiger partial charge in [0.1, 0.15) is 0 Å². The molecule has 0 radical (unpaired) electrons. The Morgan fingerprint density at radius 3 is 2.23 bits per heavy atom. The Labute approximate surface area is 81.1 Å². The second-order valence-corrected chi connectivity index (χ2v) is 3.73. The van der Waals surface area contributed by atoms with Crippen molar-refractivity contribution >= 4 is 5.91 Å². The van der Waals surface area contributed by atoms with E-state index < -0.39 is 0 Å². The molecule has 0 fully saturated rings. The first-order valence-electron chi connectivity index (χ1n) is 5.08. The van der Waals surface area contributed by atoms with Gasteiger partial charge in [0, 0.05) is 6.04 Å². The van der Waals surface area contributed by atoms with Crippen LogP contribution in [-0.4, -0.2) is 18.0 Å². The van der Waals surface area contributed by atoms with E-state index in [1.165, 1.54) is 0 Å². The molecule has 0 aliphatic heterocycles. The Morgan fingerprint density at radius 2 is 1.85 bits per heavy atom. The topological polar surface area (TPSA) is 55.1 Å². The van der Waals surface area contributed by atoms with Crippen LogP contribution in [0.15, 0.2) is 0 Å². The first-order valence-corrected chi connectivity index (χ1v) is 5.08. The molecule has 0 bridgehead atoms. The van der Waals surface area contributed by atoms with Crippen LogP contribution in [0.4, 0.5) is 0 Å². The highest BCUT2D eigenvalue weighted by atomic mass is 16.2. The highest BCUT2D eigenvalue weighted by Crippen LogP contribution is 2.05. The molecule has 78 valence electrons. The summed E-state index contributed by atoms with van der Waals surface area (Å²) in [7, 11) is 0. The number of hydrogen-bond acceptors (Lipinski definition) is 2. The van der Waals surface area contributed by atoms with Gasteiger partial charge in [0.2, 0.25) is 5.91 Å².